The summed E-state index contributed by atoms with van der Waals surface area (Å²) in [5, 5.41) is 22.8. The fourth-order valence-corrected chi connectivity index (χ4v) is 3.49. The van der Waals surface area contributed by atoms with Crippen molar-refractivity contribution >= 4 is 17.0 Å². The predicted octanol–water partition coefficient (Wildman–Crippen LogP) is 2.03. The zero-order chi connectivity index (χ0) is 18.8. The molecule has 4 rings (SSSR count). The van der Waals surface area contributed by atoms with Crippen LogP contribution in [-0.2, 0) is 4.74 Å². The summed E-state index contributed by atoms with van der Waals surface area (Å²) in [6.07, 6.45) is 2.70. The Kier molecular flexibility index (Phi) is 5.02. The van der Waals surface area contributed by atoms with Crippen LogP contribution in [0.4, 0.5) is 5.82 Å². The van der Waals surface area contributed by atoms with Gasteiger partial charge in [0.2, 0.25) is 0 Å². The lowest BCUT2D eigenvalue weighted by Crippen LogP contribution is -2.24. The predicted molar refractivity (Wildman–Crippen MR) is 100 cm³/mol. The van der Waals surface area contributed by atoms with E-state index in [2.05, 4.69) is 39.3 Å². The van der Waals surface area contributed by atoms with Crippen LogP contribution in [0.25, 0.3) is 11.2 Å². The number of ether oxygens (including phenoxy) is 1. The Morgan fingerprint density at radius 1 is 1.26 bits per heavy atom. The molecule has 0 radical (unpaired) electrons. The van der Waals surface area contributed by atoms with Crippen LogP contribution >= 0.6 is 0 Å². The summed E-state index contributed by atoms with van der Waals surface area (Å²) in [7, 11) is 0. The van der Waals surface area contributed by atoms with E-state index < -0.39 is 18.4 Å². The molecule has 0 amide bonds. The van der Waals surface area contributed by atoms with Crippen LogP contribution in [0.5, 0.6) is 0 Å². The fourth-order valence-electron chi connectivity index (χ4n) is 3.49. The third-order valence-electron chi connectivity index (χ3n) is 4.97. The molecule has 142 valence electrons. The molecule has 8 nitrogen and oxygen atoms in total. The van der Waals surface area contributed by atoms with Crippen molar-refractivity contribution in [1.29, 1.82) is 0 Å². The Bertz CT molecular complexity index is 901. The van der Waals surface area contributed by atoms with E-state index in [1.54, 1.807) is 10.9 Å². The molecule has 1 fully saturated rings. The average Bonchev–Trinajstić information content (AvgIpc) is 3.30. The molecule has 1 unspecified atom stereocenters. The van der Waals surface area contributed by atoms with Crippen LogP contribution in [-0.4, -0.2) is 48.5 Å². The zero-order valence-electron chi connectivity index (χ0n) is 15.1. The van der Waals surface area contributed by atoms with E-state index in [9.17, 15) is 10.2 Å². The molecule has 3 aromatic rings. The number of aliphatic hydroxyl groups excluding tert-OH is 2. The normalized spacial score (nSPS) is 23.6. The van der Waals surface area contributed by atoms with Crippen molar-refractivity contribution in [2.24, 2.45) is 0 Å². The first-order valence-electron chi connectivity index (χ1n) is 9.14. The largest absolute Gasteiger partial charge is 0.394 e. The van der Waals surface area contributed by atoms with Gasteiger partial charge in [0, 0.05) is 6.42 Å². The summed E-state index contributed by atoms with van der Waals surface area (Å²) in [5.41, 5.74) is 2.46. The molecule has 1 aromatic carbocycles. The van der Waals surface area contributed by atoms with Gasteiger partial charge in [-0.15, -0.1) is 0 Å². The van der Waals surface area contributed by atoms with Crippen molar-refractivity contribution in [3.63, 3.8) is 0 Å². The van der Waals surface area contributed by atoms with Crippen molar-refractivity contribution in [3.05, 3.63) is 48.5 Å². The van der Waals surface area contributed by atoms with Crippen molar-refractivity contribution in [3.8, 4) is 0 Å². The van der Waals surface area contributed by atoms with E-state index in [4.69, 9.17) is 4.74 Å². The summed E-state index contributed by atoms with van der Waals surface area (Å²) in [4.78, 5) is 13.2. The lowest BCUT2D eigenvalue weighted by atomic mass is 10.0. The van der Waals surface area contributed by atoms with Crippen molar-refractivity contribution < 1.29 is 14.9 Å². The Hall–Kier alpha value is -2.55. The Morgan fingerprint density at radius 3 is 2.78 bits per heavy atom. The topological polar surface area (TPSA) is 105 Å². The number of nitrogens with zero attached hydrogens (tertiary/aromatic N) is 4. The van der Waals surface area contributed by atoms with Crippen LogP contribution < -0.4 is 5.32 Å². The summed E-state index contributed by atoms with van der Waals surface area (Å²) in [5.74, 6) is 0.659. The lowest BCUT2D eigenvalue weighted by Gasteiger charge is -2.18. The molecule has 3 N–H and O–H groups in total. The molecule has 0 saturated carbocycles. The van der Waals surface area contributed by atoms with Gasteiger partial charge in [-0.3, -0.25) is 4.57 Å². The zero-order valence-corrected chi connectivity index (χ0v) is 15.1. The highest BCUT2D eigenvalue weighted by Gasteiger charge is 2.35. The lowest BCUT2D eigenvalue weighted by molar-refractivity contribution is -0.0432. The number of imidazole rings is 1. The number of benzene rings is 1. The van der Waals surface area contributed by atoms with Gasteiger partial charge in [-0.05, 0) is 12.0 Å². The minimum absolute atomic E-state index is 0.109. The van der Waals surface area contributed by atoms with E-state index >= 15 is 0 Å². The molecule has 0 spiro atoms. The maximum atomic E-state index is 10.00. The SMILES string of the molecule is CC[C@H](Nc1ncnc2c1ncn2[C@H]1CC(O)[C@@H](CO)O1)c1ccccc1. The molecule has 1 aliphatic heterocycles. The summed E-state index contributed by atoms with van der Waals surface area (Å²) in [6.45, 7) is 1.89. The van der Waals surface area contributed by atoms with Gasteiger partial charge in [-0.25, -0.2) is 15.0 Å². The number of rotatable bonds is 6. The van der Waals surface area contributed by atoms with Crippen LogP contribution in [0.15, 0.2) is 43.0 Å². The minimum Gasteiger partial charge on any atom is -0.394 e. The monoisotopic (exact) mass is 369 g/mol. The molecule has 4 atom stereocenters. The highest BCUT2D eigenvalue weighted by molar-refractivity contribution is 5.82. The molecule has 0 bridgehead atoms. The molecule has 1 saturated heterocycles. The van der Waals surface area contributed by atoms with Gasteiger partial charge < -0.3 is 20.3 Å². The van der Waals surface area contributed by atoms with Gasteiger partial charge >= 0.3 is 0 Å². The van der Waals surface area contributed by atoms with Crippen molar-refractivity contribution in [1.82, 2.24) is 19.5 Å². The average molecular weight is 369 g/mol. The molecule has 1 aliphatic rings. The highest BCUT2D eigenvalue weighted by atomic mass is 16.5. The smallest absolute Gasteiger partial charge is 0.167 e. The number of nitrogens with one attached hydrogen (secondary N) is 1. The van der Waals surface area contributed by atoms with E-state index in [1.807, 2.05) is 18.2 Å². The maximum Gasteiger partial charge on any atom is 0.167 e. The second-order valence-corrected chi connectivity index (χ2v) is 6.68. The van der Waals surface area contributed by atoms with Gasteiger partial charge in [0.15, 0.2) is 17.0 Å². The number of hydrogen-bond acceptors (Lipinski definition) is 7. The molecule has 2 aromatic heterocycles. The second-order valence-electron chi connectivity index (χ2n) is 6.68. The Labute approximate surface area is 156 Å². The molecule has 8 heteroatoms. The summed E-state index contributed by atoms with van der Waals surface area (Å²) >= 11 is 0. The second kappa shape index (κ2) is 7.59. The van der Waals surface area contributed by atoms with Crippen molar-refractivity contribution in [2.45, 2.75) is 44.2 Å². The minimum atomic E-state index is -0.709. The van der Waals surface area contributed by atoms with E-state index in [0.29, 0.717) is 23.4 Å². The molecule has 3 heterocycles. The molecule has 27 heavy (non-hydrogen) atoms. The number of hydrogen-bond donors (Lipinski definition) is 3. The maximum absolute atomic E-state index is 10.00. The van der Waals surface area contributed by atoms with Gasteiger partial charge in [-0.2, -0.15) is 0 Å². The van der Waals surface area contributed by atoms with Gasteiger partial charge in [0.1, 0.15) is 18.7 Å². The molecular formula is C19H23N5O3. The number of anilines is 1. The first kappa shape index (κ1) is 17.8. The fraction of sp³-hybridized carbons (Fsp3) is 0.421. The van der Waals surface area contributed by atoms with Gasteiger partial charge in [0.05, 0.1) is 25.1 Å². The van der Waals surface area contributed by atoms with Crippen LogP contribution in [0.1, 0.15) is 37.6 Å². The molecule has 0 aliphatic carbocycles. The summed E-state index contributed by atoms with van der Waals surface area (Å²) < 4.78 is 7.51. The quantitative estimate of drug-likeness (QED) is 0.610. The van der Waals surface area contributed by atoms with E-state index in [-0.39, 0.29) is 12.6 Å². The van der Waals surface area contributed by atoms with Gasteiger partial charge in [-0.1, -0.05) is 37.3 Å². The van der Waals surface area contributed by atoms with E-state index in [1.165, 1.54) is 11.9 Å². The Morgan fingerprint density at radius 2 is 2.07 bits per heavy atom. The number of fused-ring (bicyclic) bond motifs is 1. The van der Waals surface area contributed by atoms with Gasteiger partial charge in [0.25, 0.3) is 0 Å². The van der Waals surface area contributed by atoms with Crippen LogP contribution in [0.3, 0.4) is 0 Å². The highest BCUT2D eigenvalue weighted by Crippen LogP contribution is 2.32. The Balaban J connectivity index is 1.63. The van der Waals surface area contributed by atoms with E-state index in [0.717, 1.165) is 6.42 Å². The first-order valence-corrected chi connectivity index (χ1v) is 9.14. The van der Waals surface area contributed by atoms with Crippen LogP contribution in [0.2, 0.25) is 0 Å². The summed E-state index contributed by atoms with van der Waals surface area (Å²) in [6, 6.07) is 10.3. The number of aliphatic hydroxyl groups is 2. The van der Waals surface area contributed by atoms with Crippen LogP contribution in [0, 0.1) is 0 Å². The standard InChI is InChI=1S/C19H23N5O3/c1-2-13(12-6-4-3-5-7-12)23-18-17-19(21-10-20-18)24(11-22-17)16-8-14(26)15(9-25)27-16/h3-7,10-11,13-16,25-26H,2,8-9H2,1H3,(H,20,21,23)/t13-,14?,15+,16+/m0/s1. The third-order valence-corrected chi connectivity index (χ3v) is 4.97. The number of aromatic nitrogens is 4. The molecular weight excluding hydrogens is 346 g/mol. The third kappa shape index (κ3) is 3.39. The first-order chi connectivity index (χ1) is 13.2. The van der Waals surface area contributed by atoms with Crippen molar-refractivity contribution in [2.75, 3.05) is 11.9 Å².